The summed E-state index contributed by atoms with van der Waals surface area (Å²) in [6, 6.07) is 7.39. The molecule has 1 saturated carbocycles. The first-order valence-electron chi connectivity index (χ1n) is 10.7. The van der Waals surface area contributed by atoms with E-state index in [0.29, 0.717) is 5.92 Å². The molecule has 1 nitrogen and oxygen atoms in total. The van der Waals surface area contributed by atoms with Gasteiger partial charge in [0.15, 0.2) is 0 Å². The third-order valence-corrected chi connectivity index (χ3v) is 6.85. The molecule has 2 aliphatic rings. The second-order valence-corrected chi connectivity index (χ2v) is 8.65. The van der Waals surface area contributed by atoms with Crippen molar-refractivity contribution in [1.29, 1.82) is 0 Å². The van der Waals surface area contributed by atoms with E-state index in [9.17, 15) is 0 Å². The Balaban J connectivity index is 1.55. The minimum atomic E-state index is 0.0959. The van der Waals surface area contributed by atoms with Crippen molar-refractivity contribution in [3.8, 4) is 0 Å². The van der Waals surface area contributed by atoms with Crippen LogP contribution in [0.5, 0.6) is 0 Å². The molecule has 1 aromatic carbocycles. The summed E-state index contributed by atoms with van der Waals surface area (Å²) < 4.78 is 0. The molecule has 0 radical (unpaired) electrons. The van der Waals surface area contributed by atoms with Gasteiger partial charge in [-0.05, 0) is 93.2 Å². The topological polar surface area (TPSA) is 26.0 Å². The normalized spacial score (nSPS) is 29.2. The number of benzene rings is 1. The van der Waals surface area contributed by atoms with Gasteiger partial charge < -0.3 is 5.73 Å². The van der Waals surface area contributed by atoms with Gasteiger partial charge in [-0.1, -0.05) is 50.1 Å². The van der Waals surface area contributed by atoms with Gasteiger partial charge in [0, 0.05) is 5.54 Å². The van der Waals surface area contributed by atoms with Crippen LogP contribution in [0, 0.1) is 5.92 Å². The molecule has 25 heavy (non-hydrogen) atoms. The van der Waals surface area contributed by atoms with E-state index in [1.54, 1.807) is 16.7 Å². The Hall–Kier alpha value is -1.08. The fourth-order valence-electron chi connectivity index (χ4n) is 4.97. The molecule has 1 aromatic rings. The Kier molecular flexibility index (Phi) is 6.39. The van der Waals surface area contributed by atoms with E-state index >= 15 is 0 Å². The van der Waals surface area contributed by atoms with Crippen molar-refractivity contribution in [2.45, 2.75) is 95.9 Å². The smallest absolute Gasteiger partial charge is 0.0157 e. The van der Waals surface area contributed by atoms with Crippen LogP contribution in [0.25, 0.3) is 0 Å². The van der Waals surface area contributed by atoms with Gasteiger partial charge in [0.25, 0.3) is 0 Å². The second-order valence-electron chi connectivity index (χ2n) is 8.65. The number of nitrogens with two attached hydrogens (primary N) is 1. The number of aryl methyl sites for hydroxylation is 1. The van der Waals surface area contributed by atoms with Crippen LogP contribution >= 0.6 is 0 Å². The number of hydrogen-bond acceptors (Lipinski definition) is 1. The van der Waals surface area contributed by atoms with E-state index in [0.717, 1.165) is 12.3 Å². The SMILES string of the molecule is C/C=C\CCCC[C@H]1CCc2cc([C@H]3CC[C@](N)(CC)C3)ccc2C1. The van der Waals surface area contributed by atoms with Gasteiger partial charge in [-0.15, -0.1) is 0 Å². The fourth-order valence-corrected chi connectivity index (χ4v) is 4.97. The van der Waals surface area contributed by atoms with Crippen molar-refractivity contribution < 1.29 is 0 Å². The van der Waals surface area contributed by atoms with E-state index in [2.05, 4.69) is 44.2 Å². The van der Waals surface area contributed by atoms with E-state index in [4.69, 9.17) is 5.73 Å². The van der Waals surface area contributed by atoms with Crippen molar-refractivity contribution >= 4 is 0 Å². The van der Waals surface area contributed by atoms with Crippen molar-refractivity contribution in [2.75, 3.05) is 0 Å². The highest BCUT2D eigenvalue weighted by Crippen LogP contribution is 2.42. The van der Waals surface area contributed by atoms with Crippen LogP contribution in [0.4, 0.5) is 0 Å². The molecule has 0 spiro atoms. The van der Waals surface area contributed by atoms with Crippen molar-refractivity contribution in [3.63, 3.8) is 0 Å². The summed E-state index contributed by atoms with van der Waals surface area (Å²) in [7, 11) is 0. The number of allylic oxidation sites excluding steroid dienone is 2. The number of unbranched alkanes of at least 4 members (excludes halogenated alkanes) is 2. The van der Waals surface area contributed by atoms with Gasteiger partial charge in [0.2, 0.25) is 0 Å². The summed E-state index contributed by atoms with van der Waals surface area (Å²) in [5, 5.41) is 0. The van der Waals surface area contributed by atoms with Crippen molar-refractivity contribution in [1.82, 2.24) is 0 Å². The summed E-state index contributed by atoms with van der Waals surface area (Å²) in [5.41, 5.74) is 11.4. The van der Waals surface area contributed by atoms with Crippen LogP contribution in [-0.4, -0.2) is 5.54 Å². The molecule has 2 aliphatic carbocycles. The summed E-state index contributed by atoms with van der Waals surface area (Å²) >= 11 is 0. The molecule has 3 atom stereocenters. The highest BCUT2D eigenvalue weighted by atomic mass is 14.8. The molecule has 1 fully saturated rings. The standard InChI is InChI=1S/C24H37N/c1-3-5-6-7-8-9-19-10-11-21-17-22(13-12-20(21)16-19)23-14-15-24(25,4-2)18-23/h3,5,12-13,17,19,23H,4,6-11,14-16,18,25H2,1-2H3/b5-3-/t19-,23-,24+/m0/s1. The quantitative estimate of drug-likeness (QED) is 0.457. The Labute approximate surface area is 155 Å². The van der Waals surface area contributed by atoms with Crippen LogP contribution < -0.4 is 5.73 Å². The monoisotopic (exact) mass is 339 g/mol. The fraction of sp³-hybridized carbons (Fsp3) is 0.667. The van der Waals surface area contributed by atoms with E-state index in [1.165, 1.54) is 64.2 Å². The minimum absolute atomic E-state index is 0.0959. The zero-order chi connectivity index (χ0) is 17.7. The molecule has 0 aromatic heterocycles. The maximum absolute atomic E-state index is 6.51. The summed E-state index contributed by atoms with van der Waals surface area (Å²) in [5.74, 6) is 1.60. The lowest BCUT2D eigenvalue weighted by Crippen LogP contribution is -2.35. The van der Waals surface area contributed by atoms with Crippen molar-refractivity contribution in [2.24, 2.45) is 11.7 Å². The molecule has 0 aliphatic heterocycles. The van der Waals surface area contributed by atoms with Gasteiger partial charge in [-0.3, -0.25) is 0 Å². The molecule has 0 saturated heterocycles. The molecular formula is C24H37N. The maximum atomic E-state index is 6.51. The molecule has 0 bridgehead atoms. The maximum Gasteiger partial charge on any atom is 0.0157 e. The van der Waals surface area contributed by atoms with Crippen molar-refractivity contribution in [3.05, 3.63) is 47.0 Å². The number of rotatable bonds is 7. The first-order chi connectivity index (χ1) is 12.1. The zero-order valence-electron chi connectivity index (χ0n) is 16.4. The lowest BCUT2D eigenvalue weighted by molar-refractivity contribution is 0.409. The summed E-state index contributed by atoms with van der Waals surface area (Å²) in [4.78, 5) is 0. The third kappa shape index (κ3) is 4.76. The van der Waals surface area contributed by atoms with Crippen LogP contribution in [0.3, 0.4) is 0 Å². The van der Waals surface area contributed by atoms with Crippen LogP contribution in [0.15, 0.2) is 30.4 Å². The predicted molar refractivity (Wildman–Crippen MR) is 109 cm³/mol. The Bertz CT molecular complexity index is 588. The molecule has 1 heteroatoms. The Morgan fingerprint density at radius 3 is 2.84 bits per heavy atom. The first-order valence-corrected chi connectivity index (χ1v) is 10.7. The molecule has 3 rings (SSSR count). The molecule has 2 N–H and O–H groups in total. The van der Waals surface area contributed by atoms with Crippen LogP contribution in [0.1, 0.15) is 94.2 Å². The number of fused-ring (bicyclic) bond motifs is 1. The van der Waals surface area contributed by atoms with E-state index in [1.807, 2.05) is 0 Å². The highest BCUT2D eigenvalue weighted by molar-refractivity contribution is 5.36. The van der Waals surface area contributed by atoms with Crippen LogP contribution in [-0.2, 0) is 12.8 Å². The van der Waals surface area contributed by atoms with Gasteiger partial charge in [0.05, 0.1) is 0 Å². The lowest BCUT2D eigenvalue weighted by atomic mass is 9.79. The third-order valence-electron chi connectivity index (χ3n) is 6.85. The largest absolute Gasteiger partial charge is 0.325 e. The molecule has 138 valence electrons. The molecule has 0 amide bonds. The molecule has 0 heterocycles. The minimum Gasteiger partial charge on any atom is -0.325 e. The average Bonchev–Trinajstić information content (AvgIpc) is 3.04. The van der Waals surface area contributed by atoms with E-state index < -0.39 is 0 Å². The summed E-state index contributed by atoms with van der Waals surface area (Å²) in [6.07, 6.45) is 18.6. The Morgan fingerprint density at radius 1 is 1.20 bits per heavy atom. The molecular weight excluding hydrogens is 302 g/mol. The van der Waals surface area contributed by atoms with Gasteiger partial charge in [0.1, 0.15) is 0 Å². The van der Waals surface area contributed by atoms with Gasteiger partial charge in [-0.25, -0.2) is 0 Å². The van der Waals surface area contributed by atoms with Crippen LogP contribution in [0.2, 0.25) is 0 Å². The van der Waals surface area contributed by atoms with Gasteiger partial charge >= 0.3 is 0 Å². The zero-order valence-corrected chi connectivity index (χ0v) is 16.4. The first kappa shape index (κ1) is 18.7. The lowest BCUT2D eigenvalue weighted by Gasteiger charge is -2.26. The summed E-state index contributed by atoms with van der Waals surface area (Å²) in [6.45, 7) is 4.36. The number of hydrogen-bond donors (Lipinski definition) is 1. The average molecular weight is 340 g/mol. The predicted octanol–water partition coefficient (Wildman–Crippen LogP) is 6.30. The second kappa shape index (κ2) is 8.54. The highest BCUT2D eigenvalue weighted by Gasteiger charge is 2.35. The molecule has 0 unspecified atom stereocenters. The Morgan fingerprint density at radius 2 is 2.08 bits per heavy atom. The van der Waals surface area contributed by atoms with E-state index in [-0.39, 0.29) is 5.54 Å². The van der Waals surface area contributed by atoms with Gasteiger partial charge in [-0.2, -0.15) is 0 Å².